The Balaban J connectivity index is 1.18. The summed E-state index contributed by atoms with van der Waals surface area (Å²) in [4.78, 5) is 157. The summed E-state index contributed by atoms with van der Waals surface area (Å²) < 4.78 is 29.5. The summed E-state index contributed by atoms with van der Waals surface area (Å²) in [7, 11) is -0.625. The molecule has 0 saturated carbocycles. The summed E-state index contributed by atoms with van der Waals surface area (Å²) in [6.45, 7) is 6.47. The molecule has 5 aromatic rings. The zero-order chi connectivity index (χ0) is 64.4. The van der Waals surface area contributed by atoms with E-state index in [0.717, 1.165) is 5.69 Å². The highest BCUT2D eigenvalue weighted by molar-refractivity contribution is 7.89. The van der Waals surface area contributed by atoms with Crippen molar-refractivity contribution in [3.05, 3.63) is 90.6 Å². The lowest BCUT2D eigenvalue weighted by molar-refractivity contribution is -0.138. The van der Waals surface area contributed by atoms with Crippen molar-refractivity contribution >= 4 is 128 Å². The molecule has 0 radical (unpaired) electrons. The van der Waals surface area contributed by atoms with E-state index in [1.54, 1.807) is 54.7 Å². The van der Waals surface area contributed by atoms with E-state index in [4.69, 9.17) is 10.8 Å². The van der Waals surface area contributed by atoms with E-state index in [2.05, 4.69) is 92.8 Å². The average molecular weight is 1260 g/mol. The minimum Gasteiger partial charge on any atom is -0.481 e. The zero-order valence-electron chi connectivity index (χ0n) is 48.6. The first kappa shape index (κ1) is 69.0. The molecular weight excluding hydrogens is 1190 g/mol. The highest BCUT2D eigenvalue weighted by Crippen LogP contribution is 2.30. The Morgan fingerprint density at radius 2 is 1.00 bits per heavy atom. The molecular formula is C55H73N15O14S3. The number of anilines is 1. The number of fused-ring (bicyclic) bond motifs is 2. The Labute approximate surface area is 511 Å². The normalized spacial score (nSPS) is 14.8. The molecule has 87 heavy (non-hydrogen) atoms. The SMILES string of the molecule is C[C@H](NC(=O)[C@H](C)NS(=O)(=O)c1cccc2c(N(C)C)cccc12)C(=O)N[C@@H](CS)C(=O)N[C@@H](C)C(=O)N[C@@H](C)C(=O)N[C@@H](Cc1cnc[nH]1)C(=O)N[C@@H](CS)C(=O)N[C@@H](Cc1c[nH]c2ccccc12)C(=O)N[C@@H](C)C(=O)N[C@@H](CCC(=O)O)C(N)=O. The number of H-pyrrole nitrogens is 2. The lowest BCUT2D eigenvalue weighted by atomic mass is 10.0. The van der Waals surface area contributed by atoms with Gasteiger partial charge in [0.25, 0.3) is 0 Å². The number of carbonyl (C=O) groups is 11. The van der Waals surface area contributed by atoms with Crippen molar-refractivity contribution in [3.8, 4) is 0 Å². The van der Waals surface area contributed by atoms with Gasteiger partial charge in [0.05, 0.1) is 17.3 Å². The Morgan fingerprint density at radius 1 is 0.552 bits per heavy atom. The predicted octanol–water partition coefficient (Wildman–Crippen LogP) is -2.09. The van der Waals surface area contributed by atoms with Crippen LogP contribution < -0.4 is 63.2 Å². The Morgan fingerprint density at radius 3 is 1.55 bits per heavy atom. The van der Waals surface area contributed by atoms with Crippen LogP contribution >= 0.6 is 25.3 Å². The molecule has 0 spiro atoms. The number of aromatic nitrogens is 3. The van der Waals surface area contributed by atoms with Gasteiger partial charge in [0.2, 0.25) is 69.1 Å². The number of aliphatic carboxylic acids is 1. The van der Waals surface area contributed by atoms with Crippen molar-refractivity contribution < 1.29 is 66.3 Å². The third kappa shape index (κ3) is 19.4. The van der Waals surface area contributed by atoms with Gasteiger partial charge in [0.15, 0.2) is 0 Å². The molecule has 0 aliphatic rings. The molecule has 29 nitrogen and oxygen atoms in total. The summed E-state index contributed by atoms with van der Waals surface area (Å²) in [6, 6.07) is 3.33. The van der Waals surface area contributed by atoms with Crippen LogP contribution in [-0.4, -0.2) is 180 Å². The van der Waals surface area contributed by atoms with Crippen LogP contribution in [0.25, 0.3) is 21.7 Å². The van der Waals surface area contributed by atoms with E-state index in [1.807, 2.05) is 25.1 Å². The Kier molecular flexibility index (Phi) is 25.1. The van der Waals surface area contributed by atoms with Crippen molar-refractivity contribution in [2.45, 2.75) is 126 Å². The fourth-order valence-corrected chi connectivity index (χ4v) is 10.7. The summed E-state index contributed by atoms with van der Waals surface area (Å²) >= 11 is 8.46. The van der Waals surface area contributed by atoms with Crippen LogP contribution in [0, 0.1) is 0 Å². The lowest BCUT2D eigenvalue weighted by Crippen LogP contribution is -2.60. The van der Waals surface area contributed by atoms with Gasteiger partial charge in [-0.3, -0.25) is 52.7 Å². The van der Waals surface area contributed by atoms with Crippen LogP contribution in [0.4, 0.5) is 5.69 Å². The van der Waals surface area contributed by atoms with Gasteiger partial charge in [-0.05, 0) is 64.8 Å². The smallest absolute Gasteiger partial charge is 0.303 e. The molecule has 15 N–H and O–H groups in total. The second-order valence-electron chi connectivity index (χ2n) is 20.6. The van der Waals surface area contributed by atoms with Crippen LogP contribution in [-0.2, 0) is 75.6 Å². The number of thiol groups is 2. The number of sulfonamides is 1. The minimum absolute atomic E-state index is 0.0634. The highest BCUT2D eigenvalue weighted by Gasteiger charge is 2.34. The Hall–Kier alpha value is -8.75. The quantitative estimate of drug-likeness (QED) is 0.0205. The van der Waals surface area contributed by atoms with Gasteiger partial charge in [-0.25, -0.2) is 13.4 Å². The van der Waals surface area contributed by atoms with Crippen LogP contribution in [0.2, 0.25) is 0 Å². The van der Waals surface area contributed by atoms with E-state index in [0.29, 0.717) is 32.9 Å². The molecule has 5 rings (SSSR count). The minimum atomic E-state index is -4.26. The maximum absolute atomic E-state index is 14.1. The van der Waals surface area contributed by atoms with Crippen molar-refractivity contribution in [2.24, 2.45) is 5.73 Å². The molecule has 0 aliphatic heterocycles. The second-order valence-corrected chi connectivity index (χ2v) is 23.1. The van der Waals surface area contributed by atoms with Gasteiger partial charge in [-0.2, -0.15) is 30.0 Å². The van der Waals surface area contributed by atoms with Gasteiger partial charge >= 0.3 is 5.97 Å². The highest BCUT2D eigenvalue weighted by atomic mass is 32.2. The van der Waals surface area contributed by atoms with Gasteiger partial charge in [-0.15, -0.1) is 0 Å². The maximum Gasteiger partial charge on any atom is 0.303 e. The number of benzene rings is 3. The number of amides is 10. The van der Waals surface area contributed by atoms with Crippen molar-refractivity contribution in [3.63, 3.8) is 0 Å². The molecule has 3 aromatic carbocycles. The van der Waals surface area contributed by atoms with Gasteiger partial charge in [0, 0.05) is 90.3 Å². The summed E-state index contributed by atoms with van der Waals surface area (Å²) in [5, 5.41) is 33.1. The monoisotopic (exact) mass is 1260 g/mol. The van der Waals surface area contributed by atoms with E-state index < -0.39 is 142 Å². The number of nitrogens with one attached hydrogen (secondary N) is 12. The second kappa shape index (κ2) is 31.6. The van der Waals surface area contributed by atoms with Gasteiger partial charge < -0.3 is 73.6 Å². The number of hydrogen-bond donors (Lipinski definition) is 16. The summed E-state index contributed by atoms with van der Waals surface area (Å²) in [6.07, 6.45) is 3.15. The number of imidazole rings is 1. The number of para-hydroxylation sites is 1. The summed E-state index contributed by atoms with van der Waals surface area (Å²) in [5.41, 5.74) is 7.80. The molecule has 0 bridgehead atoms. The standard InChI is InChI=1S/C55H73N15O14S3/c1-27(63-54(81)41(24-85)67-50(77)29(3)61-51(78)31(5)69-87(83,84)44-17-11-13-35-36(44)14-10-16-43(35)70(6)7)47(74)60-28(2)49(76)65-40(21-33-23-57-26-59-33)53(80)68-42(25-86)55(82)66-39(20-32-22-58-37-15-9-8-12-34(32)37)52(79)62-30(4)48(75)64-38(46(56)73)18-19-45(71)72/h8-17,22-23,26-31,38-42,58,69,85-86H,18-21,24-25H2,1-7H3,(H2,56,73)(H,57,59)(H,60,74)(H,61,78)(H,62,79)(H,63,81)(H,64,75)(H,65,76)(H,66,82)(H,67,77)(H,68,80)(H,71,72)/t27-,28-,29-,30-,31-,38-,39-,40-,41-,42-/m0/s1. The topological polar surface area (TPSA) is 436 Å². The summed E-state index contributed by atoms with van der Waals surface area (Å²) in [5.74, 6) is -10.8. The molecule has 470 valence electrons. The van der Waals surface area contributed by atoms with Gasteiger partial charge in [0.1, 0.15) is 54.4 Å². The fourth-order valence-electron chi connectivity index (χ4n) is 8.74. The van der Waals surface area contributed by atoms with Crippen molar-refractivity contribution in [1.82, 2.24) is 67.5 Å². The first-order valence-corrected chi connectivity index (χ1v) is 30.0. The van der Waals surface area contributed by atoms with Crippen LogP contribution in [0.15, 0.2) is 84.3 Å². The molecule has 10 amide bonds. The number of hydrogen-bond acceptors (Lipinski definition) is 17. The number of nitrogens with zero attached hydrogens (tertiary/aromatic N) is 2. The number of carboxylic acid groups (broad SMARTS) is 1. The number of nitrogens with two attached hydrogens (primary N) is 1. The number of carbonyl (C=O) groups excluding carboxylic acids is 10. The number of aromatic amines is 2. The Bertz CT molecular complexity index is 3460. The van der Waals surface area contributed by atoms with E-state index in [9.17, 15) is 61.2 Å². The lowest BCUT2D eigenvalue weighted by Gasteiger charge is -2.26. The molecule has 0 fully saturated rings. The molecule has 10 atom stereocenters. The van der Waals surface area contributed by atoms with Crippen molar-refractivity contribution in [1.29, 1.82) is 0 Å². The van der Waals surface area contributed by atoms with Crippen LogP contribution in [0.3, 0.4) is 0 Å². The number of primary amides is 1. The first-order chi connectivity index (χ1) is 41.0. The largest absolute Gasteiger partial charge is 0.481 e. The van der Waals surface area contributed by atoms with Crippen LogP contribution in [0.5, 0.6) is 0 Å². The van der Waals surface area contributed by atoms with Crippen LogP contribution in [0.1, 0.15) is 58.7 Å². The average Bonchev–Trinajstić information content (AvgIpc) is 1.74. The number of rotatable bonds is 32. The molecule has 2 aromatic heterocycles. The van der Waals surface area contributed by atoms with E-state index >= 15 is 0 Å². The van der Waals surface area contributed by atoms with E-state index in [1.165, 1.54) is 53.2 Å². The third-order valence-corrected chi connectivity index (χ3v) is 16.0. The molecule has 2 heterocycles. The zero-order valence-corrected chi connectivity index (χ0v) is 51.2. The molecule has 0 aliphatic carbocycles. The predicted molar refractivity (Wildman–Crippen MR) is 326 cm³/mol. The first-order valence-electron chi connectivity index (χ1n) is 27.2. The van der Waals surface area contributed by atoms with E-state index in [-0.39, 0.29) is 35.7 Å². The molecule has 0 saturated heterocycles. The van der Waals surface area contributed by atoms with Gasteiger partial charge in [-0.1, -0.05) is 42.5 Å². The van der Waals surface area contributed by atoms with Crippen molar-refractivity contribution in [2.75, 3.05) is 30.5 Å². The molecule has 32 heteroatoms. The molecule has 0 unspecified atom stereocenters. The fraction of sp³-hybridized carbons (Fsp3) is 0.418. The number of carboxylic acids is 1. The maximum atomic E-state index is 14.1. The third-order valence-electron chi connectivity index (χ3n) is 13.6.